The molecule has 0 amide bonds. The average Bonchev–Trinajstić information content (AvgIpc) is 2.06. The van der Waals surface area contributed by atoms with E-state index in [1.807, 2.05) is 0 Å². The topological polar surface area (TPSA) is 24.1 Å². The number of nitrogens with one attached hydrogen (secondary N) is 2. The van der Waals surface area contributed by atoms with Crippen LogP contribution in [0.15, 0.2) is 12.1 Å². The van der Waals surface area contributed by atoms with E-state index < -0.39 is 17.5 Å². The lowest BCUT2D eigenvalue weighted by Crippen LogP contribution is -2.51. The molecule has 0 bridgehead atoms. The molecule has 76 valence electrons. The van der Waals surface area contributed by atoms with Crippen LogP contribution >= 0.6 is 0 Å². The largest absolute Gasteiger partial charge is 0.377 e. The van der Waals surface area contributed by atoms with Gasteiger partial charge in [-0.15, -0.1) is 0 Å². The predicted molar refractivity (Wildman–Crippen MR) is 46.6 cm³/mol. The van der Waals surface area contributed by atoms with Gasteiger partial charge >= 0.3 is 0 Å². The van der Waals surface area contributed by atoms with Gasteiger partial charge in [0.25, 0.3) is 0 Å². The summed E-state index contributed by atoms with van der Waals surface area (Å²) in [7, 11) is 0. The smallest absolute Gasteiger partial charge is 0.161 e. The average molecular weight is 202 g/mol. The lowest BCUT2D eigenvalue weighted by molar-refractivity contribution is 0.465. The van der Waals surface area contributed by atoms with E-state index in [2.05, 4.69) is 10.6 Å². The molecule has 2 N–H and O–H groups in total. The molecule has 5 heteroatoms. The van der Waals surface area contributed by atoms with Crippen molar-refractivity contribution in [2.75, 3.05) is 18.4 Å². The fourth-order valence-electron chi connectivity index (χ4n) is 1.24. The molecule has 14 heavy (non-hydrogen) atoms. The van der Waals surface area contributed by atoms with E-state index in [0.717, 1.165) is 6.07 Å². The van der Waals surface area contributed by atoms with Gasteiger partial charge < -0.3 is 10.6 Å². The Kier molecular flexibility index (Phi) is 2.33. The Morgan fingerprint density at radius 2 is 1.71 bits per heavy atom. The second-order valence-electron chi connectivity index (χ2n) is 3.25. The van der Waals surface area contributed by atoms with E-state index in [1.165, 1.54) is 0 Å². The van der Waals surface area contributed by atoms with Crippen molar-refractivity contribution in [2.45, 2.75) is 6.04 Å². The van der Waals surface area contributed by atoms with Crippen molar-refractivity contribution in [2.24, 2.45) is 0 Å². The number of halogens is 3. The summed E-state index contributed by atoms with van der Waals surface area (Å²) in [6, 6.07) is 1.47. The van der Waals surface area contributed by atoms with E-state index in [9.17, 15) is 13.2 Å². The van der Waals surface area contributed by atoms with Crippen LogP contribution in [0, 0.1) is 17.5 Å². The van der Waals surface area contributed by atoms with Crippen LogP contribution in [0.5, 0.6) is 0 Å². The summed E-state index contributed by atoms with van der Waals surface area (Å²) in [5, 5.41) is 5.74. The summed E-state index contributed by atoms with van der Waals surface area (Å²) in [5.74, 6) is -2.98. The first-order valence-corrected chi connectivity index (χ1v) is 4.28. The first-order chi connectivity index (χ1) is 6.66. The third kappa shape index (κ3) is 1.68. The van der Waals surface area contributed by atoms with Crippen LogP contribution in [-0.4, -0.2) is 19.1 Å². The van der Waals surface area contributed by atoms with Gasteiger partial charge in [0.05, 0.1) is 11.7 Å². The monoisotopic (exact) mass is 202 g/mol. The minimum Gasteiger partial charge on any atom is -0.377 e. The Balaban J connectivity index is 2.19. The van der Waals surface area contributed by atoms with Crippen LogP contribution in [0.2, 0.25) is 0 Å². The van der Waals surface area contributed by atoms with Crippen LogP contribution in [0.25, 0.3) is 0 Å². The van der Waals surface area contributed by atoms with Crippen molar-refractivity contribution in [3.8, 4) is 0 Å². The third-order valence-corrected chi connectivity index (χ3v) is 2.15. The van der Waals surface area contributed by atoms with E-state index in [4.69, 9.17) is 0 Å². The minimum absolute atomic E-state index is 0.00963. The van der Waals surface area contributed by atoms with Crippen LogP contribution in [0.3, 0.4) is 0 Å². The molecule has 0 atom stereocenters. The SMILES string of the molecule is Fc1cc(F)c(NC2CNC2)cc1F. The number of anilines is 1. The second-order valence-corrected chi connectivity index (χ2v) is 3.25. The summed E-state index contributed by atoms with van der Waals surface area (Å²) in [6.45, 7) is 1.41. The lowest BCUT2D eigenvalue weighted by Gasteiger charge is -2.29. The summed E-state index contributed by atoms with van der Waals surface area (Å²) in [6.07, 6.45) is 0. The van der Waals surface area contributed by atoms with Crippen molar-refractivity contribution in [3.05, 3.63) is 29.6 Å². The fraction of sp³-hybridized carbons (Fsp3) is 0.333. The zero-order valence-electron chi connectivity index (χ0n) is 7.28. The maximum atomic E-state index is 13.1. The van der Waals surface area contributed by atoms with Gasteiger partial charge in [-0.25, -0.2) is 13.2 Å². The summed E-state index contributed by atoms with van der Waals surface area (Å²) in [5.41, 5.74) is 0.00963. The molecule has 1 aliphatic heterocycles. The second kappa shape index (κ2) is 3.49. The molecule has 2 nitrogen and oxygen atoms in total. The highest BCUT2D eigenvalue weighted by Gasteiger charge is 2.18. The number of rotatable bonds is 2. The molecule has 0 aromatic heterocycles. The molecular weight excluding hydrogens is 193 g/mol. The molecule has 1 fully saturated rings. The van der Waals surface area contributed by atoms with Crippen molar-refractivity contribution in [1.29, 1.82) is 0 Å². The summed E-state index contributed by atoms with van der Waals surface area (Å²) in [4.78, 5) is 0. The number of hydrogen-bond donors (Lipinski definition) is 2. The zero-order chi connectivity index (χ0) is 10.1. The molecule has 1 saturated heterocycles. The first kappa shape index (κ1) is 9.33. The van der Waals surface area contributed by atoms with Crippen molar-refractivity contribution >= 4 is 5.69 Å². The maximum absolute atomic E-state index is 13.1. The predicted octanol–water partition coefficient (Wildman–Crippen LogP) is 1.49. The van der Waals surface area contributed by atoms with Gasteiger partial charge in [0.2, 0.25) is 0 Å². The quantitative estimate of drug-likeness (QED) is 0.710. The highest BCUT2D eigenvalue weighted by molar-refractivity contribution is 5.46. The zero-order valence-corrected chi connectivity index (χ0v) is 7.28. The standard InChI is InChI=1S/C9H9F3N2/c10-6-1-8(12)9(2-7(6)11)14-5-3-13-4-5/h1-2,5,13-14H,3-4H2. The van der Waals surface area contributed by atoms with Crippen molar-refractivity contribution in [1.82, 2.24) is 5.32 Å². The minimum atomic E-state index is -1.17. The normalized spacial score (nSPS) is 16.5. The van der Waals surface area contributed by atoms with Crippen molar-refractivity contribution < 1.29 is 13.2 Å². The first-order valence-electron chi connectivity index (χ1n) is 4.28. The summed E-state index contributed by atoms with van der Waals surface area (Å²) >= 11 is 0. The molecule has 0 saturated carbocycles. The molecule has 0 unspecified atom stereocenters. The molecule has 0 spiro atoms. The van der Waals surface area contributed by atoms with Crippen LogP contribution in [-0.2, 0) is 0 Å². The molecule has 0 radical (unpaired) electrons. The molecule has 1 aromatic carbocycles. The Morgan fingerprint density at radius 3 is 2.29 bits per heavy atom. The Morgan fingerprint density at radius 1 is 1.07 bits per heavy atom. The van der Waals surface area contributed by atoms with Gasteiger partial charge in [0.1, 0.15) is 5.82 Å². The van der Waals surface area contributed by atoms with E-state index in [1.54, 1.807) is 0 Å². The van der Waals surface area contributed by atoms with Gasteiger partial charge in [-0.1, -0.05) is 0 Å². The Bertz CT molecular complexity index is 350. The van der Waals surface area contributed by atoms with Crippen LogP contribution < -0.4 is 10.6 Å². The molecule has 0 aliphatic carbocycles. The highest BCUT2D eigenvalue weighted by Crippen LogP contribution is 2.19. The van der Waals surface area contributed by atoms with Crippen molar-refractivity contribution in [3.63, 3.8) is 0 Å². The fourth-order valence-corrected chi connectivity index (χ4v) is 1.24. The summed E-state index contributed by atoms with van der Waals surface area (Å²) < 4.78 is 38.3. The van der Waals surface area contributed by atoms with Gasteiger partial charge in [0.15, 0.2) is 11.6 Å². The third-order valence-electron chi connectivity index (χ3n) is 2.15. The van der Waals surface area contributed by atoms with E-state index >= 15 is 0 Å². The van der Waals surface area contributed by atoms with Gasteiger partial charge in [-0.3, -0.25) is 0 Å². The highest BCUT2D eigenvalue weighted by atomic mass is 19.2. The van der Waals surface area contributed by atoms with E-state index in [-0.39, 0.29) is 11.7 Å². The lowest BCUT2D eigenvalue weighted by atomic mass is 10.1. The molecule has 1 aromatic rings. The molecule has 1 aliphatic rings. The molecule has 1 heterocycles. The van der Waals surface area contributed by atoms with Gasteiger partial charge in [-0.05, 0) is 0 Å². The van der Waals surface area contributed by atoms with Crippen LogP contribution in [0.1, 0.15) is 0 Å². The molecule has 2 rings (SSSR count). The Hall–Kier alpha value is -1.23. The molecular formula is C9H9F3N2. The van der Waals surface area contributed by atoms with Gasteiger partial charge in [-0.2, -0.15) is 0 Å². The van der Waals surface area contributed by atoms with Crippen LogP contribution in [0.4, 0.5) is 18.9 Å². The number of hydrogen-bond acceptors (Lipinski definition) is 2. The maximum Gasteiger partial charge on any atom is 0.161 e. The van der Waals surface area contributed by atoms with Gasteiger partial charge in [0, 0.05) is 25.2 Å². The number of benzene rings is 1. The Labute approximate surface area is 79.1 Å². The van der Waals surface area contributed by atoms with E-state index in [0.29, 0.717) is 19.2 Å².